The van der Waals surface area contributed by atoms with Gasteiger partial charge in [0.2, 0.25) is 5.91 Å². The van der Waals surface area contributed by atoms with Gasteiger partial charge in [-0.1, -0.05) is 6.07 Å². The van der Waals surface area contributed by atoms with E-state index in [0.29, 0.717) is 18.1 Å². The highest BCUT2D eigenvalue weighted by molar-refractivity contribution is 7.93. The number of thiazole rings is 1. The highest BCUT2D eigenvalue weighted by Crippen LogP contribution is 2.24. The lowest BCUT2D eigenvalue weighted by Gasteiger charge is -2.16. The van der Waals surface area contributed by atoms with Gasteiger partial charge in [-0.05, 0) is 48.9 Å². The van der Waals surface area contributed by atoms with Gasteiger partial charge in [-0.3, -0.25) is 14.8 Å². The van der Waals surface area contributed by atoms with Gasteiger partial charge in [0.25, 0.3) is 10.0 Å². The van der Waals surface area contributed by atoms with Gasteiger partial charge in [-0.2, -0.15) is 0 Å². The molecule has 12 heteroatoms. The molecule has 1 aliphatic heterocycles. The zero-order valence-corrected chi connectivity index (χ0v) is 18.2. The van der Waals surface area contributed by atoms with E-state index < -0.39 is 21.9 Å². The monoisotopic (exact) mass is 482 g/mol. The number of sulfonamides is 1. The predicted molar refractivity (Wildman–Crippen MR) is 123 cm³/mol. The summed E-state index contributed by atoms with van der Waals surface area (Å²) in [5.74, 6) is -0.386. The van der Waals surface area contributed by atoms with Crippen molar-refractivity contribution in [3.05, 3.63) is 65.9 Å². The fourth-order valence-corrected chi connectivity index (χ4v) is 4.65. The van der Waals surface area contributed by atoms with Crippen LogP contribution in [0.25, 0.3) is 0 Å². The summed E-state index contributed by atoms with van der Waals surface area (Å²) < 4.78 is 39.1. The molecule has 0 aliphatic carbocycles. The predicted octanol–water partition coefficient (Wildman–Crippen LogP) is 4.48. The van der Waals surface area contributed by atoms with Gasteiger partial charge in [0.1, 0.15) is 5.82 Å². The first-order valence-electron chi connectivity index (χ1n) is 9.33. The second-order valence-electron chi connectivity index (χ2n) is 6.53. The molecule has 0 saturated carbocycles. The Morgan fingerprint density at radius 1 is 1.22 bits per heavy atom. The van der Waals surface area contributed by atoms with Gasteiger partial charge >= 0.3 is 6.09 Å². The number of rotatable bonds is 5. The van der Waals surface area contributed by atoms with Crippen molar-refractivity contribution in [1.82, 2.24) is 4.98 Å². The van der Waals surface area contributed by atoms with Crippen LogP contribution >= 0.6 is 11.3 Å². The first kappa shape index (κ1) is 23.2. The van der Waals surface area contributed by atoms with Crippen molar-refractivity contribution >= 4 is 49.9 Å². The number of benzene rings is 2. The zero-order valence-electron chi connectivity index (χ0n) is 16.6. The third-order valence-corrected chi connectivity index (χ3v) is 6.43. The molecule has 0 bridgehead atoms. The van der Waals surface area contributed by atoms with Gasteiger partial charge in [-0.15, -0.1) is 11.3 Å². The van der Waals surface area contributed by atoms with E-state index in [1.165, 1.54) is 47.9 Å². The van der Waals surface area contributed by atoms with Crippen LogP contribution < -0.4 is 14.9 Å². The number of halogens is 1. The molecule has 0 spiro atoms. The van der Waals surface area contributed by atoms with E-state index in [4.69, 9.17) is 5.11 Å². The summed E-state index contributed by atoms with van der Waals surface area (Å²) in [4.78, 5) is 27.4. The van der Waals surface area contributed by atoms with E-state index in [9.17, 15) is 22.4 Å². The largest absolute Gasteiger partial charge is 0.465 e. The SMILES string of the molecule is O=C(O)Nc1cccc(F)c1.O=C1CCCN1c1ccc(S(=O)(=O)Nc2nccs2)cc1.[HH].[HH]. The Labute approximate surface area is 190 Å². The van der Waals surface area contributed by atoms with Gasteiger partial charge in [0, 0.05) is 38.8 Å². The molecule has 1 saturated heterocycles. The number of nitrogens with zero attached hydrogens (tertiary/aromatic N) is 2. The Morgan fingerprint density at radius 2 is 1.97 bits per heavy atom. The van der Waals surface area contributed by atoms with Crippen molar-refractivity contribution < 1.29 is 30.4 Å². The molecule has 1 aromatic heterocycles. The Kier molecular flexibility index (Phi) is 7.38. The van der Waals surface area contributed by atoms with Crippen LogP contribution in [0.3, 0.4) is 0 Å². The standard InChI is InChI=1S/C13H13N3O3S2.C7H6FNO2.2H2/c17-12-2-1-8-16(12)10-3-5-11(6-4-10)21(18,19)15-13-14-7-9-20-13;8-5-2-1-3-6(4-5)9-7(10)11;;/h3-7,9H,1-2,8H2,(H,14,15);1-4,9H,(H,10,11);2*1H. The minimum Gasteiger partial charge on any atom is -0.465 e. The number of aromatic nitrogens is 1. The number of amides is 2. The number of hydrogen-bond acceptors (Lipinski definition) is 6. The molecule has 9 nitrogen and oxygen atoms in total. The van der Waals surface area contributed by atoms with E-state index in [-0.39, 0.29) is 19.3 Å². The van der Waals surface area contributed by atoms with Gasteiger partial charge in [0.15, 0.2) is 5.13 Å². The van der Waals surface area contributed by atoms with Crippen molar-refractivity contribution in [2.75, 3.05) is 21.5 Å². The van der Waals surface area contributed by atoms with Crippen LogP contribution in [0.5, 0.6) is 0 Å². The maximum atomic E-state index is 12.4. The smallest absolute Gasteiger partial charge is 0.409 e. The fraction of sp³-hybridized carbons (Fsp3) is 0.150. The number of carbonyl (C=O) groups is 2. The van der Waals surface area contributed by atoms with E-state index in [0.717, 1.165) is 18.2 Å². The van der Waals surface area contributed by atoms with Crippen molar-refractivity contribution in [2.24, 2.45) is 0 Å². The Balaban J connectivity index is 0.000000382. The second-order valence-corrected chi connectivity index (χ2v) is 9.10. The van der Waals surface area contributed by atoms with E-state index in [1.54, 1.807) is 22.4 Å². The van der Waals surface area contributed by atoms with Gasteiger partial charge in [-0.25, -0.2) is 22.6 Å². The van der Waals surface area contributed by atoms with Crippen LogP contribution in [0.4, 0.5) is 25.7 Å². The van der Waals surface area contributed by atoms with Gasteiger partial charge in [0.05, 0.1) is 4.90 Å². The summed E-state index contributed by atoms with van der Waals surface area (Å²) in [6.45, 7) is 0.683. The van der Waals surface area contributed by atoms with Crippen LogP contribution in [0.2, 0.25) is 0 Å². The highest BCUT2D eigenvalue weighted by Gasteiger charge is 2.22. The first-order chi connectivity index (χ1) is 15.2. The van der Waals surface area contributed by atoms with Crippen molar-refractivity contribution in [1.29, 1.82) is 0 Å². The molecule has 2 aromatic carbocycles. The lowest BCUT2D eigenvalue weighted by atomic mass is 10.3. The fourth-order valence-electron chi connectivity index (χ4n) is 2.86. The van der Waals surface area contributed by atoms with E-state index in [1.807, 2.05) is 5.32 Å². The normalized spacial score (nSPS) is 13.3. The minimum atomic E-state index is -3.64. The summed E-state index contributed by atoms with van der Waals surface area (Å²) in [5.41, 5.74) is 0.961. The van der Waals surface area contributed by atoms with Crippen molar-refractivity contribution in [3.8, 4) is 0 Å². The number of anilines is 3. The molecular weight excluding hydrogens is 459 g/mol. The lowest BCUT2D eigenvalue weighted by Crippen LogP contribution is -2.23. The molecule has 0 radical (unpaired) electrons. The molecule has 32 heavy (non-hydrogen) atoms. The Morgan fingerprint density at radius 3 is 2.53 bits per heavy atom. The molecule has 1 aliphatic rings. The van der Waals surface area contributed by atoms with E-state index in [2.05, 4.69) is 9.71 Å². The highest BCUT2D eigenvalue weighted by atomic mass is 32.2. The molecule has 2 heterocycles. The molecule has 2 amide bonds. The second kappa shape index (κ2) is 10.2. The van der Waals surface area contributed by atoms with Gasteiger partial charge < -0.3 is 10.0 Å². The molecule has 4 rings (SSSR count). The maximum Gasteiger partial charge on any atom is 0.409 e. The average molecular weight is 483 g/mol. The molecule has 0 unspecified atom stereocenters. The maximum absolute atomic E-state index is 12.4. The van der Waals surface area contributed by atoms with Crippen LogP contribution in [0.15, 0.2) is 65.0 Å². The molecule has 0 atom stereocenters. The average Bonchev–Trinajstić information content (AvgIpc) is 3.39. The van der Waals surface area contributed by atoms with Crippen LogP contribution in [0.1, 0.15) is 15.7 Å². The van der Waals surface area contributed by atoms with Crippen LogP contribution in [0, 0.1) is 5.82 Å². The summed E-state index contributed by atoms with van der Waals surface area (Å²) in [6.07, 6.45) is 1.72. The molecule has 3 N–H and O–H groups in total. The summed E-state index contributed by atoms with van der Waals surface area (Å²) >= 11 is 1.21. The van der Waals surface area contributed by atoms with Crippen LogP contribution in [-0.4, -0.2) is 37.1 Å². The van der Waals surface area contributed by atoms with Crippen LogP contribution in [-0.2, 0) is 14.8 Å². The first-order valence-corrected chi connectivity index (χ1v) is 11.7. The van der Waals surface area contributed by atoms with Crippen molar-refractivity contribution in [2.45, 2.75) is 17.7 Å². The molecule has 3 aromatic rings. The third-order valence-electron chi connectivity index (χ3n) is 4.26. The van der Waals surface area contributed by atoms with E-state index >= 15 is 0 Å². The molecule has 1 fully saturated rings. The van der Waals surface area contributed by atoms with Crippen molar-refractivity contribution in [3.63, 3.8) is 0 Å². The number of nitrogens with one attached hydrogen (secondary N) is 2. The minimum absolute atomic E-state index is 0. The lowest BCUT2D eigenvalue weighted by molar-refractivity contribution is -0.117. The summed E-state index contributed by atoms with van der Waals surface area (Å²) in [7, 11) is -3.64. The number of carbonyl (C=O) groups excluding carboxylic acids is 1. The summed E-state index contributed by atoms with van der Waals surface area (Å²) in [5, 5.41) is 12.3. The Hall–Kier alpha value is -3.51. The summed E-state index contributed by atoms with van der Waals surface area (Å²) in [6, 6.07) is 11.5. The Bertz CT molecular complexity index is 1200. The quantitative estimate of drug-likeness (QED) is 0.492. The number of hydrogen-bond donors (Lipinski definition) is 3. The molecular formula is C20H23FN4O5S2. The number of carboxylic acid groups (broad SMARTS) is 1. The molecule has 172 valence electrons. The topological polar surface area (TPSA) is 129 Å². The third kappa shape index (κ3) is 6.25. The zero-order chi connectivity index (χ0) is 23.1.